The molecule has 2 rings (SSSR count). The summed E-state index contributed by atoms with van der Waals surface area (Å²) in [6.07, 6.45) is 2.25. The van der Waals surface area contributed by atoms with E-state index < -0.39 is 0 Å². The molecule has 0 radical (unpaired) electrons. The summed E-state index contributed by atoms with van der Waals surface area (Å²) >= 11 is 7.19. The van der Waals surface area contributed by atoms with Gasteiger partial charge in [0, 0.05) is 8.95 Å². The second-order valence-corrected chi connectivity index (χ2v) is 8.26. The summed E-state index contributed by atoms with van der Waals surface area (Å²) in [5, 5.41) is 0. The van der Waals surface area contributed by atoms with E-state index in [1.807, 2.05) is 0 Å². The molecule has 0 saturated heterocycles. The average molecular weight is 439 g/mol. The summed E-state index contributed by atoms with van der Waals surface area (Å²) in [5.74, 6) is 0.548. The van der Waals surface area contributed by atoms with Gasteiger partial charge in [0.2, 0.25) is 0 Å². The van der Waals surface area contributed by atoms with Crippen LogP contribution in [0.15, 0.2) is 45.3 Å². The Bertz CT molecular complexity index is 644. The first-order valence-electron chi connectivity index (χ1n) is 8.03. The number of hydrogen-bond acceptors (Lipinski definition) is 1. The topological polar surface area (TPSA) is 3.24 Å². The normalized spacial score (nSPS) is 12.7. The Labute approximate surface area is 157 Å². The minimum absolute atomic E-state index is 0.548. The van der Waals surface area contributed by atoms with Gasteiger partial charge < -0.3 is 4.90 Å². The largest absolute Gasteiger partial charge is 0.309 e. The van der Waals surface area contributed by atoms with E-state index in [-0.39, 0.29) is 0 Å². The van der Waals surface area contributed by atoms with E-state index in [1.54, 1.807) is 0 Å². The second kappa shape index (κ2) is 8.46. The maximum atomic E-state index is 3.63. The summed E-state index contributed by atoms with van der Waals surface area (Å²) < 4.78 is 2.24. The predicted octanol–water partition coefficient (Wildman–Crippen LogP) is 6.11. The minimum Gasteiger partial charge on any atom is -0.309 e. The molecule has 124 valence electrons. The van der Waals surface area contributed by atoms with Crippen LogP contribution in [0, 0.1) is 13.8 Å². The lowest BCUT2D eigenvalue weighted by molar-refractivity contribution is 0.379. The van der Waals surface area contributed by atoms with Gasteiger partial charge in [-0.2, -0.15) is 0 Å². The van der Waals surface area contributed by atoms with Gasteiger partial charge in [-0.25, -0.2) is 0 Å². The van der Waals surface area contributed by atoms with Crippen LogP contribution in [0.25, 0.3) is 0 Å². The van der Waals surface area contributed by atoms with E-state index in [1.165, 1.54) is 28.7 Å². The minimum atomic E-state index is 0.548. The lowest BCUT2D eigenvalue weighted by Crippen LogP contribution is -2.18. The molecule has 1 atom stereocenters. The Morgan fingerprint density at radius 1 is 0.957 bits per heavy atom. The summed E-state index contributed by atoms with van der Waals surface area (Å²) in [6, 6.07) is 13.2. The summed E-state index contributed by atoms with van der Waals surface area (Å²) in [4.78, 5) is 2.28. The molecule has 1 unspecified atom stereocenters. The number of halogens is 2. The molecule has 0 saturated carbocycles. The molecule has 0 aliphatic rings. The fourth-order valence-electron chi connectivity index (χ4n) is 3.18. The first-order chi connectivity index (χ1) is 10.9. The SMILES string of the molecule is Cc1cccc(C)c1C(CCN(C)C)Cc1ccc(Br)c(Br)c1. The Balaban J connectivity index is 2.32. The zero-order valence-electron chi connectivity index (χ0n) is 14.4. The maximum absolute atomic E-state index is 3.63. The first kappa shape index (κ1) is 18.7. The highest BCUT2D eigenvalue weighted by molar-refractivity contribution is 9.13. The number of hydrogen-bond donors (Lipinski definition) is 0. The Morgan fingerprint density at radius 2 is 1.61 bits per heavy atom. The van der Waals surface area contributed by atoms with E-state index in [9.17, 15) is 0 Å². The highest BCUT2D eigenvalue weighted by Crippen LogP contribution is 2.32. The first-order valence-corrected chi connectivity index (χ1v) is 9.62. The molecule has 2 aromatic carbocycles. The highest BCUT2D eigenvalue weighted by Gasteiger charge is 2.17. The molecule has 23 heavy (non-hydrogen) atoms. The second-order valence-electron chi connectivity index (χ2n) is 6.55. The lowest BCUT2D eigenvalue weighted by Gasteiger charge is -2.24. The zero-order chi connectivity index (χ0) is 17.0. The summed E-state index contributed by atoms with van der Waals surface area (Å²) in [5.41, 5.74) is 5.72. The molecule has 1 nitrogen and oxygen atoms in total. The van der Waals surface area contributed by atoms with Crippen LogP contribution < -0.4 is 0 Å². The smallest absolute Gasteiger partial charge is 0.0320 e. The van der Waals surface area contributed by atoms with Crippen molar-refractivity contribution in [3.8, 4) is 0 Å². The molecule has 0 aliphatic carbocycles. The number of aryl methyl sites for hydroxylation is 2. The third-order valence-electron chi connectivity index (χ3n) is 4.34. The van der Waals surface area contributed by atoms with Crippen molar-refractivity contribution < 1.29 is 0 Å². The molecule has 0 aliphatic heterocycles. The quantitative estimate of drug-likeness (QED) is 0.526. The summed E-state index contributed by atoms with van der Waals surface area (Å²) in [6.45, 7) is 5.58. The van der Waals surface area contributed by atoms with Crippen LogP contribution in [0.3, 0.4) is 0 Å². The third-order valence-corrected chi connectivity index (χ3v) is 6.22. The van der Waals surface area contributed by atoms with Crippen molar-refractivity contribution in [3.63, 3.8) is 0 Å². The Morgan fingerprint density at radius 3 is 2.17 bits per heavy atom. The average Bonchev–Trinajstić information content (AvgIpc) is 2.48. The molecular formula is C20H25Br2N. The Hall–Kier alpha value is -0.640. The van der Waals surface area contributed by atoms with Crippen molar-refractivity contribution in [1.29, 1.82) is 0 Å². The fraction of sp³-hybridized carbons (Fsp3) is 0.400. The molecule has 2 aromatic rings. The summed E-state index contributed by atoms with van der Waals surface area (Å²) in [7, 11) is 4.30. The van der Waals surface area contributed by atoms with E-state index in [0.717, 1.165) is 21.9 Å². The van der Waals surface area contributed by atoms with Crippen molar-refractivity contribution in [2.24, 2.45) is 0 Å². The van der Waals surface area contributed by atoms with Gasteiger partial charge in [-0.3, -0.25) is 0 Å². The van der Waals surface area contributed by atoms with Crippen LogP contribution in [0.2, 0.25) is 0 Å². The van der Waals surface area contributed by atoms with Crippen LogP contribution >= 0.6 is 31.9 Å². The molecule has 3 heteroatoms. The zero-order valence-corrected chi connectivity index (χ0v) is 17.5. The van der Waals surface area contributed by atoms with Crippen molar-refractivity contribution in [2.45, 2.75) is 32.6 Å². The molecule has 0 spiro atoms. The van der Waals surface area contributed by atoms with E-state index >= 15 is 0 Å². The van der Waals surface area contributed by atoms with Gasteiger partial charge in [-0.15, -0.1) is 0 Å². The third kappa shape index (κ3) is 5.17. The van der Waals surface area contributed by atoms with Crippen LogP contribution in [0.4, 0.5) is 0 Å². The monoisotopic (exact) mass is 437 g/mol. The van der Waals surface area contributed by atoms with Gasteiger partial charge >= 0.3 is 0 Å². The van der Waals surface area contributed by atoms with Crippen LogP contribution in [0.1, 0.15) is 34.6 Å². The van der Waals surface area contributed by atoms with Crippen LogP contribution in [-0.4, -0.2) is 25.5 Å². The highest BCUT2D eigenvalue weighted by atomic mass is 79.9. The van der Waals surface area contributed by atoms with Crippen molar-refractivity contribution in [1.82, 2.24) is 4.90 Å². The van der Waals surface area contributed by atoms with Crippen molar-refractivity contribution in [2.75, 3.05) is 20.6 Å². The van der Waals surface area contributed by atoms with Crippen molar-refractivity contribution in [3.05, 3.63) is 67.6 Å². The molecule has 0 N–H and O–H groups in total. The predicted molar refractivity (Wildman–Crippen MR) is 107 cm³/mol. The molecule has 0 aromatic heterocycles. The van der Waals surface area contributed by atoms with Gasteiger partial charge in [-0.1, -0.05) is 24.3 Å². The maximum Gasteiger partial charge on any atom is 0.0320 e. The fourth-order valence-corrected chi connectivity index (χ4v) is 3.86. The van der Waals surface area contributed by atoms with Crippen molar-refractivity contribution >= 4 is 31.9 Å². The lowest BCUT2D eigenvalue weighted by atomic mass is 9.84. The van der Waals surface area contributed by atoms with Crippen LogP contribution in [-0.2, 0) is 6.42 Å². The molecule has 0 bridgehead atoms. The van der Waals surface area contributed by atoms with Gasteiger partial charge in [0.05, 0.1) is 0 Å². The van der Waals surface area contributed by atoms with E-state index in [4.69, 9.17) is 0 Å². The van der Waals surface area contributed by atoms with Gasteiger partial charge in [0.15, 0.2) is 0 Å². The molecular weight excluding hydrogens is 414 g/mol. The van der Waals surface area contributed by atoms with Crippen LogP contribution in [0.5, 0.6) is 0 Å². The van der Waals surface area contributed by atoms with Gasteiger partial charge in [-0.05, 0) is 119 Å². The number of benzene rings is 2. The molecule has 0 amide bonds. The number of nitrogens with zero attached hydrogens (tertiary/aromatic N) is 1. The van der Waals surface area contributed by atoms with E-state index in [2.05, 4.69) is 101 Å². The van der Waals surface area contributed by atoms with Gasteiger partial charge in [0.25, 0.3) is 0 Å². The standard InChI is InChI=1S/C20H25Br2N/c1-14-6-5-7-15(2)20(14)17(10-11-23(3)4)12-16-8-9-18(21)19(22)13-16/h5-9,13,17H,10-12H2,1-4H3. The Kier molecular flexibility index (Phi) is 6.87. The van der Waals surface area contributed by atoms with Gasteiger partial charge in [0.1, 0.15) is 0 Å². The molecule has 0 fully saturated rings. The van der Waals surface area contributed by atoms with E-state index in [0.29, 0.717) is 5.92 Å². The number of rotatable bonds is 6. The molecule has 0 heterocycles.